The lowest BCUT2D eigenvalue weighted by Gasteiger charge is -2.30. The van der Waals surface area contributed by atoms with Crippen LogP contribution in [0.4, 0.5) is 13.2 Å². The van der Waals surface area contributed by atoms with Crippen molar-refractivity contribution in [3.05, 3.63) is 0 Å². The molecule has 5 nitrogen and oxygen atoms in total. The average Bonchev–Trinajstić information content (AvgIpc) is 2.54. The average molecular weight is 362 g/mol. The van der Waals surface area contributed by atoms with Crippen LogP contribution in [0.5, 0.6) is 0 Å². The standard InChI is InChI=1S/C17H25F3N2O3/c1-11(2)25-8-4-7-22-16(24)14(10-21)15(23)12-5-3-6-13(9-12)17(18,19)20/h11-14H,3-9H2,1-2H3,(H,22,24). The summed E-state index contributed by atoms with van der Waals surface area (Å²) in [5, 5.41) is 11.6. The first-order chi connectivity index (χ1) is 11.7. The van der Waals surface area contributed by atoms with Crippen molar-refractivity contribution in [3.8, 4) is 6.07 Å². The van der Waals surface area contributed by atoms with Gasteiger partial charge in [-0.15, -0.1) is 0 Å². The Bertz CT molecular complexity index is 500. The Morgan fingerprint density at radius 1 is 1.32 bits per heavy atom. The Kier molecular flexibility index (Phi) is 8.36. The number of carbonyl (C=O) groups is 2. The van der Waals surface area contributed by atoms with E-state index in [0.717, 1.165) is 0 Å². The van der Waals surface area contributed by atoms with Crippen LogP contribution >= 0.6 is 0 Å². The summed E-state index contributed by atoms with van der Waals surface area (Å²) in [6.07, 6.45) is -3.54. The number of nitrogens with zero attached hydrogens (tertiary/aromatic N) is 1. The second-order valence-corrected chi connectivity index (χ2v) is 6.63. The number of hydrogen-bond acceptors (Lipinski definition) is 4. The van der Waals surface area contributed by atoms with E-state index in [1.807, 2.05) is 13.8 Å². The lowest BCUT2D eigenvalue weighted by Crippen LogP contribution is -2.40. The predicted octanol–water partition coefficient (Wildman–Crippen LogP) is 3.00. The first kappa shape index (κ1) is 21.4. The molecule has 8 heteroatoms. The third-order valence-electron chi connectivity index (χ3n) is 4.29. The quantitative estimate of drug-likeness (QED) is 0.532. The van der Waals surface area contributed by atoms with E-state index in [-0.39, 0.29) is 31.9 Å². The van der Waals surface area contributed by atoms with E-state index in [1.54, 1.807) is 6.07 Å². The largest absolute Gasteiger partial charge is 0.391 e. The van der Waals surface area contributed by atoms with E-state index in [2.05, 4.69) is 5.32 Å². The second kappa shape index (κ2) is 9.76. The number of rotatable bonds is 8. The zero-order valence-electron chi connectivity index (χ0n) is 14.6. The number of hydrogen-bond donors (Lipinski definition) is 1. The number of halogens is 3. The van der Waals surface area contributed by atoms with Gasteiger partial charge in [0, 0.05) is 19.1 Å². The summed E-state index contributed by atoms with van der Waals surface area (Å²) < 4.78 is 43.9. The van der Waals surface area contributed by atoms with E-state index in [0.29, 0.717) is 19.4 Å². The lowest BCUT2D eigenvalue weighted by molar-refractivity contribution is -0.186. The minimum absolute atomic E-state index is 0.00739. The maximum Gasteiger partial charge on any atom is 0.391 e. The summed E-state index contributed by atoms with van der Waals surface area (Å²) in [6.45, 7) is 4.43. The Morgan fingerprint density at radius 3 is 2.56 bits per heavy atom. The SMILES string of the molecule is CC(C)OCCCNC(=O)C(C#N)C(=O)C1CCCC(C(F)(F)F)C1. The van der Waals surface area contributed by atoms with E-state index in [4.69, 9.17) is 10.00 Å². The third kappa shape index (κ3) is 7.02. The molecule has 1 saturated carbocycles. The van der Waals surface area contributed by atoms with Crippen LogP contribution in [-0.4, -0.2) is 37.1 Å². The smallest absolute Gasteiger partial charge is 0.379 e. The van der Waals surface area contributed by atoms with Gasteiger partial charge in [0.2, 0.25) is 5.91 Å². The molecule has 1 N–H and O–H groups in total. The third-order valence-corrected chi connectivity index (χ3v) is 4.29. The van der Waals surface area contributed by atoms with Gasteiger partial charge in [0.05, 0.1) is 18.1 Å². The molecule has 142 valence electrons. The van der Waals surface area contributed by atoms with Gasteiger partial charge in [-0.25, -0.2) is 0 Å². The molecule has 1 rings (SSSR count). The van der Waals surface area contributed by atoms with Gasteiger partial charge in [-0.1, -0.05) is 6.42 Å². The van der Waals surface area contributed by atoms with Gasteiger partial charge in [0.15, 0.2) is 11.7 Å². The molecule has 1 aliphatic rings. The van der Waals surface area contributed by atoms with Crippen molar-refractivity contribution in [2.45, 2.75) is 58.2 Å². The van der Waals surface area contributed by atoms with E-state index in [1.165, 1.54) is 0 Å². The molecule has 3 unspecified atom stereocenters. The van der Waals surface area contributed by atoms with Crippen LogP contribution in [-0.2, 0) is 14.3 Å². The number of nitriles is 1. The van der Waals surface area contributed by atoms with Crippen molar-refractivity contribution in [2.75, 3.05) is 13.2 Å². The molecule has 0 radical (unpaired) electrons. The molecular weight excluding hydrogens is 337 g/mol. The number of amides is 1. The van der Waals surface area contributed by atoms with Crippen LogP contribution in [0.25, 0.3) is 0 Å². The van der Waals surface area contributed by atoms with Gasteiger partial charge in [0.25, 0.3) is 0 Å². The molecule has 25 heavy (non-hydrogen) atoms. The summed E-state index contributed by atoms with van der Waals surface area (Å²) in [7, 11) is 0. The predicted molar refractivity (Wildman–Crippen MR) is 84.3 cm³/mol. The Balaban J connectivity index is 2.53. The Morgan fingerprint density at radius 2 is 2.00 bits per heavy atom. The maximum atomic E-state index is 12.8. The summed E-state index contributed by atoms with van der Waals surface area (Å²) in [6, 6.07) is 1.64. The minimum Gasteiger partial charge on any atom is -0.379 e. The normalized spacial score (nSPS) is 22.3. The highest BCUT2D eigenvalue weighted by molar-refractivity contribution is 6.04. The molecule has 0 aromatic rings. The molecule has 0 spiro atoms. The van der Waals surface area contributed by atoms with Gasteiger partial charge in [-0.3, -0.25) is 9.59 Å². The van der Waals surface area contributed by atoms with Crippen LogP contribution in [0.3, 0.4) is 0 Å². The highest BCUT2D eigenvalue weighted by Crippen LogP contribution is 2.40. The van der Waals surface area contributed by atoms with Crippen LogP contribution < -0.4 is 5.32 Å². The minimum atomic E-state index is -4.35. The number of carbonyl (C=O) groups excluding carboxylic acids is 2. The molecule has 0 bridgehead atoms. The van der Waals surface area contributed by atoms with Crippen molar-refractivity contribution in [1.82, 2.24) is 5.32 Å². The molecule has 0 aliphatic heterocycles. The van der Waals surface area contributed by atoms with E-state index >= 15 is 0 Å². The first-order valence-corrected chi connectivity index (χ1v) is 8.56. The van der Waals surface area contributed by atoms with Crippen molar-refractivity contribution >= 4 is 11.7 Å². The number of Topliss-reactive ketones (excluding diaryl/α,β-unsaturated/α-hetero) is 1. The number of ether oxygens (including phenoxy) is 1. The molecule has 1 aliphatic carbocycles. The van der Waals surface area contributed by atoms with Crippen LogP contribution in [0.15, 0.2) is 0 Å². The van der Waals surface area contributed by atoms with Crippen LogP contribution in [0.1, 0.15) is 46.0 Å². The molecular formula is C17H25F3N2O3. The fraction of sp³-hybridized carbons (Fsp3) is 0.824. The fourth-order valence-electron chi connectivity index (χ4n) is 2.94. The van der Waals surface area contributed by atoms with E-state index in [9.17, 15) is 22.8 Å². The highest BCUT2D eigenvalue weighted by atomic mass is 19.4. The first-order valence-electron chi connectivity index (χ1n) is 8.56. The van der Waals surface area contributed by atoms with Crippen LogP contribution in [0.2, 0.25) is 0 Å². The topological polar surface area (TPSA) is 79.2 Å². The summed E-state index contributed by atoms with van der Waals surface area (Å²) in [5.74, 6) is -5.42. The molecule has 1 amide bonds. The molecule has 0 aromatic carbocycles. The zero-order valence-corrected chi connectivity index (χ0v) is 14.6. The lowest BCUT2D eigenvalue weighted by atomic mass is 9.76. The van der Waals surface area contributed by atoms with Gasteiger partial charge in [0.1, 0.15) is 0 Å². The van der Waals surface area contributed by atoms with Crippen LogP contribution in [0, 0.1) is 29.1 Å². The monoisotopic (exact) mass is 362 g/mol. The summed E-state index contributed by atoms with van der Waals surface area (Å²) in [4.78, 5) is 24.4. The Labute approximate surface area is 145 Å². The molecule has 0 saturated heterocycles. The Hall–Kier alpha value is -1.62. The zero-order chi connectivity index (χ0) is 19.0. The summed E-state index contributed by atoms with van der Waals surface area (Å²) >= 11 is 0. The second-order valence-electron chi connectivity index (χ2n) is 6.63. The van der Waals surface area contributed by atoms with Crippen molar-refractivity contribution in [2.24, 2.45) is 17.8 Å². The van der Waals surface area contributed by atoms with Crippen molar-refractivity contribution in [1.29, 1.82) is 5.26 Å². The van der Waals surface area contributed by atoms with Crippen molar-refractivity contribution in [3.63, 3.8) is 0 Å². The number of alkyl halides is 3. The summed E-state index contributed by atoms with van der Waals surface area (Å²) in [5.41, 5.74) is 0. The molecule has 1 fully saturated rings. The molecule has 3 atom stereocenters. The van der Waals surface area contributed by atoms with Gasteiger partial charge in [-0.2, -0.15) is 18.4 Å². The molecule has 0 aromatic heterocycles. The fourth-order valence-corrected chi connectivity index (χ4v) is 2.94. The van der Waals surface area contributed by atoms with Gasteiger partial charge in [-0.05, 0) is 39.5 Å². The van der Waals surface area contributed by atoms with Gasteiger partial charge >= 0.3 is 6.18 Å². The number of nitrogens with one attached hydrogen (secondary N) is 1. The highest BCUT2D eigenvalue weighted by Gasteiger charge is 2.45. The van der Waals surface area contributed by atoms with Gasteiger partial charge < -0.3 is 10.1 Å². The van der Waals surface area contributed by atoms with E-state index < -0.39 is 35.6 Å². The number of ketones is 1. The maximum absolute atomic E-state index is 12.8. The molecule has 0 heterocycles. The van der Waals surface area contributed by atoms with Crippen molar-refractivity contribution < 1.29 is 27.5 Å².